The second-order valence-corrected chi connectivity index (χ2v) is 7.00. The fourth-order valence-corrected chi connectivity index (χ4v) is 6.50. The molecule has 6 heteroatoms. The highest BCUT2D eigenvalue weighted by molar-refractivity contribution is 8.06. The summed E-state index contributed by atoms with van der Waals surface area (Å²) in [7, 11) is -2.29. The molecule has 1 aliphatic rings. The first kappa shape index (κ1) is 12.4. The van der Waals surface area contributed by atoms with Gasteiger partial charge in [0.1, 0.15) is 10.5 Å². The molecule has 0 spiro atoms. The molecule has 1 rings (SSSR count). The molecular formula is C9H12N2O2S2. The van der Waals surface area contributed by atoms with Crippen LogP contribution < -0.4 is 0 Å². The lowest BCUT2D eigenvalue weighted by Crippen LogP contribution is -2.30. The first-order chi connectivity index (χ1) is 7.15. The molecule has 0 bridgehead atoms. The standard InChI is InChI=1S/C9H12N2O2S2/c1-2-8(7(5-10)6-11)9-14(12)3-4-15(9)13/h7-9H,2-4H2,1H3/t8?,14-,15-/m0/s1. The molecule has 0 saturated carbocycles. The molecule has 0 radical (unpaired) electrons. The van der Waals surface area contributed by atoms with E-state index in [0.717, 1.165) is 0 Å². The van der Waals surface area contributed by atoms with E-state index in [-0.39, 0.29) is 5.92 Å². The van der Waals surface area contributed by atoms with E-state index in [2.05, 4.69) is 0 Å². The normalized spacial score (nSPS) is 28.5. The maximum atomic E-state index is 11.6. The summed E-state index contributed by atoms with van der Waals surface area (Å²) < 4.78 is 22.8. The van der Waals surface area contributed by atoms with Crippen LogP contribution in [0.3, 0.4) is 0 Å². The van der Waals surface area contributed by atoms with Crippen LogP contribution in [-0.4, -0.2) is 24.5 Å². The SMILES string of the molecule is CCC(C(C#N)C#N)C1[S@@](=O)CC[S@@]1=O. The third-order valence-corrected chi connectivity index (χ3v) is 7.03. The monoisotopic (exact) mass is 244 g/mol. The van der Waals surface area contributed by atoms with E-state index >= 15 is 0 Å². The van der Waals surface area contributed by atoms with Gasteiger partial charge in [0.2, 0.25) is 0 Å². The first-order valence-corrected chi connectivity index (χ1v) is 7.45. The lowest BCUT2D eigenvalue weighted by molar-refractivity contribution is 0.480. The Morgan fingerprint density at radius 3 is 2.07 bits per heavy atom. The molecule has 0 amide bonds. The number of nitriles is 2. The molecule has 1 saturated heterocycles. The number of nitrogens with zero attached hydrogens (tertiary/aromatic N) is 2. The van der Waals surface area contributed by atoms with Crippen LogP contribution in [0.4, 0.5) is 0 Å². The van der Waals surface area contributed by atoms with Gasteiger partial charge in [0, 0.05) is 39.0 Å². The zero-order chi connectivity index (χ0) is 11.4. The van der Waals surface area contributed by atoms with Crippen molar-refractivity contribution in [3.8, 4) is 12.1 Å². The summed E-state index contributed by atoms with van der Waals surface area (Å²) >= 11 is 0. The molecule has 1 fully saturated rings. The van der Waals surface area contributed by atoms with Gasteiger partial charge in [-0.05, 0) is 6.42 Å². The van der Waals surface area contributed by atoms with Crippen molar-refractivity contribution in [2.24, 2.45) is 11.8 Å². The minimum Gasteiger partial charge on any atom is -0.258 e. The largest absolute Gasteiger partial charge is 0.258 e. The Labute approximate surface area is 94.2 Å². The second kappa shape index (κ2) is 5.39. The van der Waals surface area contributed by atoms with Crippen LogP contribution in [0.5, 0.6) is 0 Å². The van der Waals surface area contributed by atoms with Crippen LogP contribution in [0, 0.1) is 34.5 Å². The number of rotatable bonds is 3. The van der Waals surface area contributed by atoms with E-state index in [9.17, 15) is 8.42 Å². The Morgan fingerprint density at radius 1 is 1.27 bits per heavy atom. The summed E-state index contributed by atoms with van der Waals surface area (Å²) in [6.07, 6.45) is 0.563. The molecule has 1 aliphatic heterocycles. The van der Waals surface area contributed by atoms with Crippen LogP contribution in [0.1, 0.15) is 13.3 Å². The van der Waals surface area contributed by atoms with E-state index < -0.39 is 32.1 Å². The summed E-state index contributed by atoms with van der Waals surface area (Å²) in [4.78, 5) is 0. The molecule has 4 nitrogen and oxygen atoms in total. The molecule has 1 heterocycles. The topological polar surface area (TPSA) is 81.7 Å². The van der Waals surface area contributed by atoms with Gasteiger partial charge in [-0.1, -0.05) is 6.92 Å². The fraction of sp³-hybridized carbons (Fsp3) is 0.778. The van der Waals surface area contributed by atoms with Gasteiger partial charge in [-0.15, -0.1) is 0 Å². The van der Waals surface area contributed by atoms with Crippen LogP contribution in [0.2, 0.25) is 0 Å². The molecule has 0 aromatic rings. The molecule has 0 aromatic carbocycles. The highest BCUT2D eigenvalue weighted by Crippen LogP contribution is 2.29. The highest BCUT2D eigenvalue weighted by Gasteiger charge is 2.40. The van der Waals surface area contributed by atoms with Gasteiger partial charge in [0.05, 0.1) is 12.1 Å². The quantitative estimate of drug-likeness (QED) is 0.724. The van der Waals surface area contributed by atoms with Crippen LogP contribution in [0.25, 0.3) is 0 Å². The van der Waals surface area contributed by atoms with E-state index in [0.29, 0.717) is 17.9 Å². The summed E-state index contributed by atoms with van der Waals surface area (Å²) in [6, 6.07) is 3.78. The molecule has 15 heavy (non-hydrogen) atoms. The first-order valence-electron chi connectivity index (χ1n) is 4.69. The maximum absolute atomic E-state index is 11.6. The van der Waals surface area contributed by atoms with E-state index in [4.69, 9.17) is 10.5 Å². The average molecular weight is 244 g/mol. The summed E-state index contributed by atoms with van der Waals surface area (Å²) in [6.45, 7) is 1.83. The minimum absolute atomic E-state index is 0.329. The molecule has 1 unspecified atom stereocenters. The molecular weight excluding hydrogens is 232 g/mol. The third kappa shape index (κ3) is 2.45. The van der Waals surface area contributed by atoms with E-state index in [1.165, 1.54) is 0 Å². The molecule has 0 aromatic heterocycles. The Balaban J connectivity index is 2.93. The lowest BCUT2D eigenvalue weighted by Gasteiger charge is -2.20. The van der Waals surface area contributed by atoms with Gasteiger partial charge < -0.3 is 0 Å². The minimum atomic E-state index is -1.15. The molecule has 0 aliphatic carbocycles. The predicted octanol–water partition coefficient (Wildman–Crippen LogP) is 0.513. The third-order valence-electron chi connectivity index (χ3n) is 2.53. The molecule has 0 N–H and O–H groups in total. The number of hydrogen-bond donors (Lipinski definition) is 0. The van der Waals surface area contributed by atoms with Crippen molar-refractivity contribution in [3.63, 3.8) is 0 Å². The molecule has 82 valence electrons. The highest BCUT2D eigenvalue weighted by atomic mass is 32.3. The maximum Gasteiger partial charge on any atom is 0.138 e. The van der Waals surface area contributed by atoms with Crippen molar-refractivity contribution in [3.05, 3.63) is 0 Å². The van der Waals surface area contributed by atoms with Crippen molar-refractivity contribution < 1.29 is 8.42 Å². The van der Waals surface area contributed by atoms with Crippen molar-refractivity contribution in [1.82, 2.24) is 0 Å². The predicted molar refractivity (Wildman–Crippen MR) is 58.3 cm³/mol. The van der Waals surface area contributed by atoms with Gasteiger partial charge in [-0.3, -0.25) is 8.42 Å². The van der Waals surface area contributed by atoms with Gasteiger partial charge in [0.25, 0.3) is 0 Å². The fourth-order valence-electron chi connectivity index (χ4n) is 1.71. The van der Waals surface area contributed by atoms with Crippen molar-refractivity contribution >= 4 is 21.6 Å². The molecule has 3 atom stereocenters. The smallest absolute Gasteiger partial charge is 0.138 e. The van der Waals surface area contributed by atoms with Gasteiger partial charge >= 0.3 is 0 Å². The number of hydrogen-bond acceptors (Lipinski definition) is 4. The zero-order valence-electron chi connectivity index (χ0n) is 8.38. The zero-order valence-corrected chi connectivity index (χ0v) is 10.0. The second-order valence-electron chi connectivity index (χ2n) is 3.35. The van der Waals surface area contributed by atoms with Gasteiger partial charge in [0.15, 0.2) is 0 Å². The lowest BCUT2D eigenvalue weighted by atomic mass is 9.94. The van der Waals surface area contributed by atoms with Crippen molar-refractivity contribution in [1.29, 1.82) is 10.5 Å². The Morgan fingerprint density at radius 2 is 1.73 bits per heavy atom. The Hall–Kier alpha value is -0.720. The average Bonchev–Trinajstić information content (AvgIpc) is 2.56. The van der Waals surface area contributed by atoms with Crippen molar-refractivity contribution in [2.75, 3.05) is 11.5 Å². The van der Waals surface area contributed by atoms with E-state index in [1.807, 2.05) is 19.1 Å². The van der Waals surface area contributed by atoms with Crippen LogP contribution in [0.15, 0.2) is 0 Å². The Bertz CT molecular complexity index is 339. The van der Waals surface area contributed by atoms with Gasteiger partial charge in [-0.2, -0.15) is 10.5 Å². The van der Waals surface area contributed by atoms with Gasteiger partial charge in [-0.25, -0.2) is 0 Å². The summed E-state index contributed by atoms with van der Waals surface area (Å²) in [5.41, 5.74) is 0. The van der Waals surface area contributed by atoms with Crippen molar-refractivity contribution in [2.45, 2.75) is 17.9 Å². The van der Waals surface area contributed by atoms with Crippen LogP contribution in [-0.2, 0) is 21.6 Å². The Kier molecular flexibility index (Phi) is 4.44. The summed E-state index contributed by atoms with van der Waals surface area (Å²) in [5.74, 6) is -0.274. The van der Waals surface area contributed by atoms with Crippen LogP contribution >= 0.6 is 0 Å². The summed E-state index contributed by atoms with van der Waals surface area (Å²) in [5, 5.41) is 17.6. The van der Waals surface area contributed by atoms with E-state index in [1.54, 1.807) is 0 Å².